The summed E-state index contributed by atoms with van der Waals surface area (Å²) in [4.78, 5) is 12.2. The zero-order chi connectivity index (χ0) is 19.8. The van der Waals surface area contributed by atoms with Crippen molar-refractivity contribution >= 4 is 5.91 Å². The van der Waals surface area contributed by atoms with Gasteiger partial charge in [-0.15, -0.1) is 0 Å². The quantitative estimate of drug-likeness (QED) is 0.529. The van der Waals surface area contributed by atoms with Gasteiger partial charge < -0.3 is 14.5 Å². The van der Waals surface area contributed by atoms with E-state index in [4.69, 9.17) is 9.15 Å². The number of furan rings is 1. The van der Waals surface area contributed by atoms with Crippen LogP contribution >= 0.6 is 0 Å². The highest BCUT2D eigenvalue weighted by Gasteiger charge is 2.11. The fourth-order valence-corrected chi connectivity index (χ4v) is 2.82. The molecule has 1 amide bonds. The van der Waals surface area contributed by atoms with Gasteiger partial charge in [-0.2, -0.15) is 5.10 Å². The number of ether oxygens (including phenoxy) is 1. The molecule has 0 aliphatic rings. The number of aromatic nitrogens is 2. The van der Waals surface area contributed by atoms with Crippen molar-refractivity contribution in [2.75, 3.05) is 6.54 Å². The number of hydrogen-bond donors (Lipinski definition) is 1. The smallest absolute Gasteiger partial charge is 0.286 e. The highest BCUT2D eigenvalue weighted by molar-refractivity contribution is 5.91. The lowest BCUT2D eigenvalue weighted by atomic mass is 9.99. The van der Waals surface area contributed by atoms with Crippen LogP contribution in [0.5, 0.6) is 5.75 Å². The highest BCUT2D eigenvalue weighted by atomic mass is 16.5. The number of nitrogens with one attached hydrogen (secondary N) is 1. The maximum Gasteiger partial charge on any atom is 0.286 e. The van der Waals surface area contributed by atoms with Crippen LogP contribution in [-0.4, -0.2) is 22.2 Å². The summed E-state index contributed by atoms with van der Waals surface area (Å²) < 4.78 is 13.2. The molecule has 6 nitrogen and oxygen atoms in total. The first kappa shape index (κ1) is 19.7. The lowest BCUT2D eigenvalue weighted by Gasteiger charge is -2.10. The highest BCUT2D eigenvalue weighted by Crippen LogP contribution is 2.22. The third-order valence-corrected chi connectivity index (χ3v) is 4.74. The summed E-state index contributed by atoms with van der Waals surface area (Å²) >= 11 is 0. The molecule has 1 aromatic carbocycles. The van der Waals surface area contributed by atoms with Crippen LogP contribution in [-0.2, 0) is 13.2 Å². The predicted octanol–water partition coefficient (Wildman–Crippen LogP) is 4.39. The van der Waals surface area contributed by atoms with E-state index in [1.807, 2.05) is 29.1 Å². The summed E-state index contributed by atoms with van der Waals surface area (Å²) in [6, 6.07) is 13.4. The molecule has 2 aromatic heterocycles. The van der Waals surface area contributed by atoms with Crippen molar-refractivity contribution in [2.45, 2.75) is 45.8 Å². The van der Waals surface area contributed by atoms with Gasteiger partial charge in [0.2, 0.25) is 0 Å². The van der Waals surface area contributed by atoms with Gasteiger partial charge in [-0.25, -0.2) is 0 Å². The molecular weight excluding hydrogens is 354 g/mol. The molecule has 3 rings (SSSR count). The van der Waals surface area contributed by atoms with E-state index in [0.29, 0.717) is 24.0 Å². The minimum absolute atomic E-state index is 0.218. The fourth-order valence-electron chi connectivity index (χ4n) is 2.82. The zero-order valence-corrected chi connectivity index (χ0v) is 16.4. The summed E-state index contributed by atoms with van der Waals surface area (Å²) in [6.45, 7) is 6.01. The number of carbonyl (C=O) groups excluding carboxylic acids is 1. The minimum atomic E-state index is -0.218. The van der Waals surface area contributed by atoms with Crippen LogP contribution in [0.1, 0.15) is 54.5 Å². The molecule has 1 N–H and O–H groups in total. The Kier molecular flexibility index (Phi) is 6.89. The predicted molar refractivity (Wildman–Crippen MR) is 107 cm³/mol. The number of rotatable bonds is 10. The van der Waals surface area contributed by atoms with E-state index in [9.17, 15) is 4.79 Å². The molecule has 0 aliphatic carbocycles. The van der Waals surface area contributed by atoms with Crippen LogP contribution in [0.15, 0.2) is 59.3 Å². The van der Waals surface area contributed by atoms with Crippen molar-refractivity contribution in [2.24, 2.45) is 0 Å². The first-order valence-electron chi connectivity index (χ1n) is 9.73. The van der Waals surface area contributed by atoms with Gasteiger partial charge in [0.1, 0.15) is 18.1 Å². The molecule has 1 atom stereocenters. The summed E-state index contributed by atoms with van der Waals surface area (Å²) in [5.74, 6) is 2.02. The van der Waals surface area contributed by atoms with Gasteiger partial charge in [-0.3, -0.25) is 9.48 Å². The van der Waals surface area contributed by atoms with Gasteiger partial charge in [0.25, 0.3) is 5.91 Å². The molecule has 0 radical (unpaired) electrons. The average molecular weight is 381 g/mol. The van der Waals surface area contributed by atoms with Crippen LogP contribution in [0.2, 0.25) is 0 Å². The zero-order valence-electron chi connectivity index (χ0n) is 16.4. The van der Waals surface area contributed by atoms with E-state index < -0.39 is 0 Å². The van der Waals surface area contributed by atoms with E-state index in [1.54, 1.807) is 18.3 Å². The van der Waals surface area contributed by atoms with Crippen molar-refractivity contribution in [1.29, 1.82) is 0 Å². The second-order valence-electron chi connectivity index (χ2n) is 6.81. The molecule has 28 heavy (non-hydrogen) atoms. The monoisotopic (exact) mass is 381 g/mol. The van der Waals surface area contributed by atoms with Crippen molar-refractivity contribution in [1.82, 2.24) is 15.1 Å². The Balaban J connectivity index is 1.42. The lowest BCUT2D eigenvalue weighted by Crippen LogP contribution is -2.24. The maximum absolute atomic E-state index is 12.2. The molecule has 0 fully saturated rings. The number of carbonyl (C=O) groups is 1. The fraction of sp³-hybridized carbons (Fsp3) is 0.364. The molecule has 148 valence electrons. The van der Waals surface area contributed by atoms with Gasteiger partial charge in [-0.1, -0.05) is 26.0 Å². The number of hydrogen-bond acceptors (Lipinski definition) is 4. The van der Waals surface area contributed by atoms with Crippen LogP contribution in [0.3, 0.4) is 0 Å². The molecule has 0 spiro atoms. The van der Waals surface area contributed by atoms with Gasteiger partial charge in [-0.05, 0) is 54.7 Å². The third kappa shape index (κ3) is 5.49. The molecule has 6 heteroatoms. The molecule has 3 aromatic rings. The minimum Gasteiger partial charge on any atom is -0.486 e. The van der Waals surface area contributed by atoms with Crippen LogP contribution in [0.25, 0.3) is 0 Å². The Labute approximate surface area is 165 Å². The number of nitrogens with zero attached hydrogens (tertiary/aromatic N) is 2. The standard InChI is InChI=1S/C22H27N3O3/c1-3-17(2)18-6-8-19(9-7-18)27-16-20-10-11-21(28-20)22(26)23-12-4-14-25-15-5-13-24-25/h5-11,13,15,17H,3-4,12,14,16H2,1-2H3,(H,23,26). The van der Waals surface area contributed by atoms with E-state index in [-0.39, 0.29) is 12.5 Å². The molecule has 0 bridgehead atoms. The van der Waals surface area contributed by atoms with E-state index >= 15 is 0 Å². The summed E-state index contributed by atoms with van der Waals surface area (Å²) in [7, 11) is 0. The SMILES string of the molecule is CCC(C)c1ccc(OCc2ccc(C(=O)NCCCn3cccn3)o2)cc1. The Morgan fingerprint density at radius 3 is 2.79 bits per heavy atom. The third-order valence-electron chi connectivity index (χ3n) is 4.74. The molecule has 2 heterocycles. The number of aryl methyl sites for hydroxylation is 1. The van der Waals surface area contributed by atoms with Crippen molar-refractivity contribution < 1.29 is 13.9 Å². The summed E-state index contributed by atoms with van der Waals surface area (Å²) in [5.41, 5.74) is 1.30. The van der Waals surface area contributed by atoms with Crippen LogP contribution in [0, 0.1) is 0 Å². The van der Waals surface area contributed by atoms with Gasteiger partial charge >= 0.3 is 0 Å². The van der Waals surface area contributed by atoms with Crippen LogP contribution < -0.4 is 10.1 Å². The van der Waals surface area contributed by atoms with Gasteiger partial charge in [0, 0.05) is 25.5 Å². The van der Waals surface area contributed by atoms with Crippen molar-refractivity contribution in [3.05, 3.63) is 71.9 Å². The Morgan fingerprint density at radius 2 is 2.07 bits per heavy atom. The topological polar surface area (TPSA) is 69.3 Å². The second-order valence-corrected chi connectivity index (χ2v) is 6.81. The van der Waals surface area contributed by atoms with Crippen LogP contribution in [0.4, 0.5) is 0 Å². The average Bonchev–Trinajstić information content (AvgIpc) is 3.41. The van der Waals surface area contributed by atoms with E-state index in [1.165, 1.54) is 5.56 Å². The van der Waals surface area contributed by atoms with Gasteiger partial charge in [0.05, 0.1) is 0 Å². The first-order chi connectivity index (χ1) is 13.7. The molecular formula is C22H27N3O3. The van der Waals surface area contributed by atoms with Crippen molar-refractivity contribution in [3.8, 4) is 5.75 Å². The second kappa shape index (κ2) is 9.78. The summed E-state index contributed by atoms with van der Waals surface area (Å²) in [5, 5.41) is 6.99. The normalized spacial score (nSPS) is 11.9. The molecule has 0 saturated heterocycles. The Morgan fingerprint density at radius 1 is 1.25 bits per heavy atom. The van der Waals surface area contributed by atoms with Gasteiger partial charge in [0.15, 0.2) is 5.76 Å². The first-order valence-corrected chi connectivity index (χ1v) is 9.73. The molecule has 1 unspecified atom stereocenters. The maximum atomic E-state index is 12.2. The largest absolute Gasteiger partial charge is 0.486 e. The number of amides is 1. The Hall–Kier alpha value is -3.02. The summed E-state index contributed by atoms with van der Waals surface area (Å²) in [6.07, 6.45) is 5.56. The van der Waals surface area contributed by atoms with E-state index in [2.05, 4.69) is 36.4 Å². The molecule has 0 saturated carbocycles. The number of benzene rings is 1. The lowest BCUT2D eigenvalue weighted by molar-refractivity contribution is 0.0921. The molecule has 0 aliphatic heterocycles. The van der Waals surface area contributed by atoms with E-state index in [0.717, 1.165) is 25.1 Å². The Bertz CT molecular complexity index is 854. The van der Waals surface area contributed by atoms with Crippen molar-refractivity contribution in [3.63, 3.8) is 0 Å².